The van der Waals surface area contributed by atoms with Gasteiger partial charge >= 0.3 is 0 Å². The third kappa shape index (κ3) is 4.84. The molecule has 0 atom stereocenters. The molecular formula is C17H24N2OS. The first-order chi connectivity index (χ1) is 10.2. The van der Waals surface area contributed by atoms with E-state index in [4.69, 9.17) is 4.74 Å². The molecule has 1 heterocycles. The van der Waals surface area contributed by atoms with Gasteiger partial charge in [-0.25, -0.2) is 0 Å². The van der Waals surface area contributed by atoms with Crippen molar-refractivity contribution in [2.24, 2.45) is 0 Å². The van der Waals surface area contributed by atoms with E-state index < -0.39 is 0 Å². The summed E-state index contributed by atoms with van der Waals surface area (Å²) in [5, 5.41) is 5.52. The van der Waals surface area contributed by atoms with E-state index in [1.54, 1.807) is 18.4 Å². The number of benzene rings is 1. The first-order valence-corrected chi connectivity index (χ1v) is 8.11. The van der Waals surface area contributed by atoms with Gasteiger partial charge in [0.05, 0.1) is 13.2 Å². The third-order valence-electron chi connectivity index (χ3n) is 3.54. The maximum absolute atomic E-state index is 5.04. The molecule has 0 fully saturated rings. The van der Waals surface area contributed by atoms with Gasteiger partial charge in [-0.05, 0) is 41.6 Å². The number of rotatable bonds is 8. The minimum Gasteiger partial charge on any atom is -0.383 e. The molecule has 1 aromatic heterocycles. The van der Waals surface area contributed by atoms with Gasteiger partial charge in [-0.3, -0.25) is 0 Å². The Kier molecular flexibility index (Phi) is 6.23. The molecule has 2 aromatic rings. The molecule has 0 amide bonds. The van der Waals surface area contributed by atoms with Gasteiger partial charge in [0, 0.05) is 37.8 Å². The molecule has 0 unspecified atom stereocenters. The van der Waals surface area contributed by atoms with E-state index in [0.717, 1.165) is 26.2 Å². The number of nitrogens with zero attached hydrogens (tertiary/aromatic N) is 1. The summed E-state index contributed by atoms with van der Waals surface area (Å²) >= 11 is 1.81. The fourth-order valence-electron chi connectivity index (χ4n) is 2.24. The number of ether oxygens (including phenoxy) is 1. The highest BCUT2D eigenvalue weighted by atomic mass is 32.1. The third-order valence-corrected chi connectivity index (χ3v) is 4.40. The number of hydrogen-bond donors (Lipinski definition) is 1. The highest BCUT2D eigenvalue weighted by Gasteiger charge is 2.05. The lowest BCUT2D eigenvalue weighted by Gasteiger charge is -2.20. The number of methoxy groups -OCH3 is 1. The van der Waals surface area contributed by atoms with Crippen molar-refractivity contribution in [3.8, 4) is 0 Å². The van der Waals surface area contributed by atoms with Crippen molar-refractivity contribution in [2.45, 2.75) is 20.0 Å². The van der Waals surface area contributed by atoms with Crippen LogP contribution >= 0.6 is 11.3 Å². The Labute approximate surface area is 131 Å². The number of anilines is 1. The number of aryl methyl sites for hydroxylation is 1. The lowest BCUT2D eigenvalue weighted by atomic mass is 10.1. The van der Waals surface area contributed by atoms with Gasteiger partial charge in [0.15, 0.2) is 0 Å². The lowest BCUT2D eigenvalue weighted by Crippen LogP contribution is -2.19. The fraction of sp³-hybridized carbons (Fsp3) is 0.412. The van der Waals surface area contributed by atoms with Crippen LogP contribution in [0.5, 0.6) is 0 Å². The molecule has 0 aliphatic carbocycles. The summed E-state index contributed by atoms with van der Waals surface area (Å²) in [6.45, 7) is 5.67. The van der Waals surface area contributed by atoms with Crippen LogP contribution in [0.15, 0.2) is 35.7 Å². The van der Waals surface area contributed by atoms with Gasteiger partial charge in [-0.1, -0.05) is 12.1 Å². The Bertz CT molecular complexity index is 540. The molecule has 0 aliphatic heterocycles. The van der Waals surface area contributed by atoms with Crippen molar-refractivity contribution in [3.63, 3.8) is 0 Å². The molecule has 1 aromatic carbocycles. The fourth-order valence-corrected chi connectivity index (χ4v) is 3.00. The van der Waals surface area contributed by atoms with Crippen LogP contribution in [-0.4, -0.2) is 27.3 Å². The van der Waals surface area contributed by atoms with Crippen molar-refractivity contribution >= 4 is 17.0 Å². The average molecular weight is 304 g/mol. The van der Waals surface area contributed by atoms with Gasteiger partial charge < -0.3 is 15.0 Å². The zero-order valence-electron chi connectivity index (χ0n) is 13.1. The second kappa shape index (κ2) is 8.17. The monoisotopic (exact) mass is 304 g/mol. The molecule has 4 heteroatoms. The molecular weight excluding hydrogens is 280 g/mol. The topological polar surface area (TPSA) is 24.5 Å². The molecule has 0 radical (unpaired) electrons. The lowest BCUT2D eigenvalue weighted by molar-refractivity contribution is 0.199. The van der Waals surface area contributed by atoms with E-state index in [1.807, 2.05) is 0 Å². The standard InChI is InChI=1S/C17H24N2OS/c1-14-11-16(19(2)13-17-5-4-10-21-17)7-6-15(14)12-18-8-9-20-3/h4-7,10-11,18H,8-9,12-13H2,1-3H3. The summed E-state index contributed by atoms with van der Waals surface area (Å²) < 4.78 is 5.04. The molecule has 2 rings (SSSR count). The number of thiophene rings is 1. The first kappa shape index (κ1) is 16.0. The maximum Gasteiger partial charge on any atom is 0.0587 e. The molecule has 0 aliphatic rings. The number of hydrogen-bond acceptors (Lipinski definition) is 4. The molecule has 3 nitrogen and oxygen atoms in total. The Morgan fingerprint density at radius 2 is 2.14 bits per heavy atom. The van der Waals surface area contributed by atoms with Gasteiger partial charge in [0.25, 0.3) is 0 Å². The normalized spacial score (nSPS) is 10.8. The highest BCUT2D eigenvalue weighted by Crippen LogP contribution is 2.21. The minimum absolute atomic E-state index is 0.751. The molecule has 1 N–H and O–H groups in total. The Morgan fingerprint density at radius 1 is 1.29 bits per heavy atom. The second-order valence-electron chi connectivity index (χ2n) is 5.22. The molecule has 0 spiro atoms. The van der Waals surface area contributed by atoms with E-state index in [0.29, 0.717) is 0 Å². The largest absolute Gasteiger partial charge is 0.383 e. The zero-order valence-corrected chi connectivity index (χ0v) is 13.9. The van der Waals surface area contributed by atoms with Crippen molar-refractivity contribution in [3.05, 3.63) is 51.7 Å². The summed E-state index contributed by atoms with van der Waals surface area (Å²) in [4.78, 5) is 3.68. The van der Waals surface area contributed by atoms with Gasteiger partial charge in [-0.2, -0.15) is 0 Å². The van der Waals surface area contributed by atoms with E-state index in [9.17, 15) is 0 Å². The van der Waals surface area contributed by atoms with Crippen LogP contribution in [0.4, 0.5) is 5.69 Å². The van der Waals surface area contributed by atoms with Crippen molar-refractivity contribution in [2.75, 3.05) is 32.2 Å². The predicted octanol–water partition coefficient (Wildman–Crippen LogP) is 3.43. The smallest absolute Gasteiger partial charge is 0.0587 e. The SMILES string of the molecule is COCCNCc1ccc(N(C)Cc2cccs2)cc1C. The van der Waals surface area contributed by atoms with Crippen LogP contribution in [0.3, 0.4) is 0 Å². The molecule has 114 valence electrons. The first-order valence-electron chi connectivity index (χ1n) is 7.23. The molecule has 0 saturated carbocycles. The van der Waals surface area contributed by atoms with Crippen LogP contribution in [0.1, 0.15) is 16.0 Å². The predicted molar refractivity (Wildman–Crippen MR) is 91.2 cm³/mol. The molecule has 0 saturated heterocycles. The van der Waals surface area contributed by atoms with E-state index in [-0.39, 0.29) is 0 Å². The molecule has 21 heavy (non-hydrogen) atoms. The van der Waals surface area contributed by atoms with Crippen LogP contribution in [0.2, 0.25) is 0 Å². The number of nitrogens with one attached hydrogen (secondary N) is 1. The van der Waals surface area contributed by atoms with Crippen LogP contribution in [0, 0.1) is 6.92 Å². The van der Waals surface area contributed by atoms with Gasteiger partial charge in [0.2, 0.25) is 0 Å². The highest BCUT2D eigenvalue weighted by molar-refractivity contribution is 7.09. The maximum atomic E-state index is 5.04. The Balaban J connectivity index is 1.94. The van der Waals surface area contributed by atoms with Gasteiger partial charge in [0.1, 0.15) is 0 Å². The van der Waals surface area contributed by atoms with Gasteiger partial charge in [-0.15, -0.1) is 11.3 Å². The van der Waals surface area contributed by atoms with E-state index in [2.05, 4.69) is 59.9 Å². The van der Waals surface area contributed by atoms with Crippen molar-refractivity contribution < 1.29 is 4.74 Å². The van der Waals surface area contributed by atoms with Crippen LogP contribution < -0.4 is 10.2 Å². The average Bonchev–Trinajstić information content (AvgIpc) is 2.97. The van der Waals surface area contributed by atoms with E-state index >= 15 is 0 Å². The van der Waals surface area contributed by atoms with Crippen LogP contribution in [-0.2, 0) is 17.8 Å². The zero-order chi connectivity index (χ0) is 15.1. The summed E-state index contributed by atoms with van der Waals surface area (Å²) in [5.74, 6) is 0. The Morgan fingerprint density at radius 3 is 2.81 bits per heavy atom. The minimum atomic E-state index is 0.751. The quantitative estimate of drug-likeness (QED) is 0.756. The van der Waals surface area contributed by atoms with Crippen molar-refractivity contribution in [1.82, 2.24) is 5.32 Å². The molecule has 0 bridgehead atoms. The summed E-state index contributed by atoms with van der Waals surface area (Å²) in [7, 11) is 3.87. The van der Waals surface area contributed by atoms with Crippen LogP contribution in [0.25, 0.3) is 0 Å². The summed E-state index contributed by atoms with van der Waals surface area (Å²) in [6.07, 6.45) is 0. The Hall–Kier alpha value is -1.36. The second-order valence-corrected chi connectivity index (χ2v) is 6.25. The van der Waals surface area contributed by atoms with Crippen molar-refractivity contribution in [1.29, 1.82) is 0 Å². The summed E-state index contributed by atoms with van der Waals surface area (Å²) in [5.41, 5.74) is 3.94. The van der Waals surface area contributed by atoms with E-state index in [1.165, 1.54) is 21.7 Å². The summed E-state index contributed by atoms with van der Waals surface area (Å²) in [6, 6.07) is 11.0.